The lowest BCUT2D eigenvalue weighted by atomic mass is 9.78. The number of carbonyl (C=O) groups excluding carboxylic acids is 1. The van der Waals surface area contributed by atoms with Crippen molar-refractivity contribution in [2.75, 3.05) is 7.11 Å². The van der Waals surface area contributed by atoms with Gasteiger partial charge >= 0.3 is 5.97 Å². The van der Waals surface area contributed by atoms with Crippen LogP contribution in [0.1, 0.15) is 63.6 Å². The topological polar surface area (TPSA) is 46.5 Å². The third kappa shape index (κ3) is 4.48. The maximum Gasteiger partial charge on any atom is 0.305 e. The third-order valence-electron chi connectivity index (χ3n) is 4.22. The first kappa shape index (κ1) is 17.5. The first-order valence-electron chi connectivity index (χ1n) is 7.77. The highest BCUT2D eigenvalue weighted by Crippen LogP contribution is 2.34. The van der Waals surface area contributed by atoms with Crippen LogP contribution in [0.15, 0.2) is 12.1 Å². The van der Waals surface area contributed by atoms with Gasteiger partial charge in [-0.25, -0.2) is 0 Å². The monoisotopic (exact) mass is 292 g/mol. The molecule has 21 heavy (non-hydrogen) atoms. The number of aromatic hydroxyl groups is 1. The molecule has 0 radical (unpaired) electrons. The molecule has 3 nitrogen and oxygen atoms in total. The van der Waals surface area contributed by atoms with Crippen LogP contribution >= 0.6 is 0 Å². The lowest BCUT2D eigenvalue weighted by Crippen LogP contribution is -2.18. The smallest absolute Gasteiger partial charge is 0.305 e. The van der Waals surface area contributed by atoms with E-state index < -0.39 is 0 Å². The SMILES string of the molecule is CCc1cc(C(C)(C)CCCC(=O)OC)cc(CC)c1O. The molecule has 0 aliphatic rings. The van der Waals surface area contributed by atoms with Crippen molar-refractivity contribution in [3.63, 3.8) is 0 Å². The maximum atomic E-state index is 11.2. The van der Waals surface area contributed by atoms with Crippen LogP contribution in [0.3, 0.4) is 0 Å². The molecule has 0 amide bonds. The van der Waals surface area contributed by atoms with E-state index in [1.54, 1.807) is 0 Å². The van der Waals surface area contributed by atoms with Gasteiger partial charge in [0.25, 0.3) is 0 Å². The lowest BCUT2D eigenvalue weighted by molar-refractivity contribution is -0.140. The Labute approximate surface area is 128 Å². The van der Waals surface area contributed by atoms with Crippen molar-refractivity contribution in [1.82, 2.24) is 0 Å². The van der Waals surface area contributed by atoms with Crippen molar-refractivity contribution in [1.29, 1.82) is 0 Å². The molecule has 1 rings (SSSR count). The summed E-state index contributed by atoms with van der Waals surface area (Å²) in [6.45, 7) is 8.50. The molecule has 0 spiro atoms. The van der Waals surface area contributed by atoms with Gasteiger partial charge in [0.15, 0.2) is 0 Å². The van der Waals surface area contributed by atoms with Crippen LogP contribution < -0.4 is 0 Å². The summed E-state index contributed by atoms with van der Waals surface area (Å²) in [5, 5.41) is 10.2. The number of aryl methyl sites for hydroxylation is 2. The fraction of sp³-hybridized carbons (Fsp3) is 0.611. The summed E-state index contributed by atoms with van der Waals surface area (Å²) in [4.78, 5) is 11.2. The molecule has 0 fully saturated rings. The fourth-order valence-corrected chi connectivity index (χ4v) is 2.61. The van der Waals surface area contributed by atoms with Gasteiger partial charge in [-0.1, -0.05) is 39.8 Å². The summed E-state index contributed by atoms with van der Waals surface area (Å²) < 4.78 is 4.69. The Morgan fingerprint density at radius 2 is 1.71 bits per heavy atom. The van der Waals surface area contributed by atoms with E-state index in [1.165, 1.54) is 12.7 Å². The normalized spacial score (nSPS) is 11.5. The number of esters is 1. The van der Waals surface area contributed by atoms with Crippen LogP contribution in [-0.2, 0) is 27.8 Å². The van der Waals surface area contributed by atoms with Crippen molar-refractivity contribution < 1.29 is 14.6 Å². The Morgan fingerprint density at radius 1 is 1.19 bits per heavy atom. The minimum atomic E-state index is -0.153. The van der Waals surface area contributed by atoms with Crippen molar-refractivity contribution in [3.8, 4) is 5.75 Å². The first-order chi connectivity index (χ1) is 9.85. The molecule has 0 atom stereocenters. The van der Waals surface area contributed by atoms with Crippen LogP contribution in [0.5, 0.6) is 5.75 Å². The Balaban J connectivity index is 2.94. The van der Waals surface area contributed by atoms with Crippen molar-refractivity contribution in [3.05, 3.63) is 28.8 Å². The van der Waals surface area contributed by atoms with E-state index in [0.717, 1.165) is 36.8 Å². The Hall–Kier alpha value is -1.51. The molecule has 1 N–H and O–H groups in total. The average Bonchev–Trinajstić information content (AvgIpc) is 2.46. The minimum absolute atomic E-state index is 0.0183. The van der Waals surface area contributed by atoms with E-state index in [4.69, 9.17) is 0 Å². The number of phenolic OH excluding ortho intramolecular Hbond substituents is 1. The van der Waals surface area contributed by atoms with Crippen molar-refractivity contribution in [2.45, 2.75) is 65.2 Å². The lowest BCUT2D eigenvalue weighted by Gasteiger charge is -2.27. The fourth-order valence-electron chi connectivity index (χ4n) is 2.61. The second kappa shape index (κ2) is 7.48. The van der Waals surface area contributed by atoms with E-state index in [-0.39, 0.29) is 11.4 Å². The molecule has 0 bridgehead atoms. The zero-order chi connectivity index (χ0) is 16.0. The molecule has 1 aromatic rings. The van der Waals surface area contributed by atoms with Gasteiger partial charge in [0, 0.05) is 6.42 Å². The zero-order valence-corrected chi connectivity index (χ0v) is 14.0. The van der Waals surface area contributed by atoms with Gasteiger partial charge in [-0.05, 0) is 47.8 Å². The quantitative estimate of drug-likeness (QED) is 0.768. The summed E-state index contributed by atoms with van der Waals surface area (Å²) in [6, 6.07) is 4.21. The number of phenols is 1. The van der Waals surface area contributed by atoms with Crippen LogP contribution in [0.4, 0.5) is 0 Å². The van der Waals surface area contributed by atoms with Crippen LogP contribution in [0.25, 0.3) is 0 Å². The molecule has 0 heterocycles. The van der Waals surface area contributed by atoms with Crippen molar-refractivity contribution >= 4 is 5.97 Å². The standard InChI is InChI=1S/C18H28O3/c1-6-13-11-15(12-14(7-2)17(13)20)18(3,4)10-8-9-16(19)21-5/h11-12,20H,6-10H2,1-5H3. The molecule has 0 saturated carbocycles. The number of ether oxygens (including phenoxy) is 1. The van der Waals surface area contributed by atoms with Gasteiger partial charge in [-0.3, -0.25) is 4.79 Å². The highest BCUT2D eigenvalue weighted by atomic mass is 16.5. The van der Waals surface area contributed by atoms with E-state index >= 15 is 0 Å². The van der Waals surface area contributed by atoms with Crippen LogP contribution in [0.2, 0.25) is 0 Å². The van der Waals surface area contributed by atoms with Gasteiger partial charge in [0.2, 0.25) is 0 Å². The number of hydrogen-bond acceptors (Lipinski definition) is 3. The third-order valence-corrected chi connectivity index (χ3v) is 4.22. The Morgan fingerprint density at radius 3 is 2.14 bits per heavy atom. The van der Waals surface area contributed by atoms with Gasteiger partial charge in [-0.2, -0.15) is 0 Å². The summed E-state index contributed by atoms with van der Waals surface area (Å²) in [5.74, 6) is 0.286. The van der Waals surface area contributed by atoms with Gasteiger partial charge in [0.05, 0.1) is 7.11 Å². The summed E-state index contributed by atoms with van der Waals surface area (Å²) in [5.41, 5.74) is 3.23. The van der Waals surface area contributed by atoms with Crippen molar-refractivity contribution in [2.24, 2.45) is 0 Å². The molecule has 0 saturated heterocycles. The molecule has 0 aromatic heterocycles. The highest BCUT2D eigenvalue weighted by molar-refractivity contribution is 5.69. The van der Waals surface area contributed by atoms with E-state index in [2.05, 4.69) is 44.6 Å². The maximum absolute atomic E-state index is 11.2. The van der Waals surface area contributed by atoms with E-state index in [0.29, 0.717) is 12.2 Å². The van der Waals surface area contributed by atoms with Crippen LogP contribution in [0, 0.1) is 0 Å². The summed E-state index contributed by atoms with van der Waals surface area (Å²) >= 11 is 0. The second-order valence-electron chi connectivity index (χ2n) is 6.16. The first-order valence-corrected chi connectivity index (χ1v) is 7.77. The molecular formula is C18H28O3. The van der Waals surface area contributed by atoms with Gasteiger partial charge in [0.1, 0.15) is 5.75 Å². The molecular weight excluding hydrogens is 264 g/mol. The number of hydrogen-bond donors (Lipinski definition) is 1. The molecule has 0 unspecified atom stereocenters. The summed E-state index contributed by atoms with van der Waals surface area (Å²) in [6.07, 6.45) is 3.83. The predicted molar refractivity (Wildman–Crippen MR) is 85.8 cm³/mol. The van der Waals surface area contributed by atoms with Gasteiger partial charge in [-0.15, -0.1) is 0 Å². The number of rotatable bonds is 7. The van der Waals surface area contributed by atoms with Crippen LogP contribution in [-0.4, -0.2) is 18.2 Å². The van der Waals surface area contributed by atoms with E-state index in [9.17, 15) is 9.90 Å². The molecule has 0 aliphatic heterocycles. The second-order valence-corrected chi connectivity index (χ2v) is 6.16. The summed E-state index contributed by atoms with van der Waals surface area (Å²) in [7, 11) is 1.43. The molecule has 3 heteroatoms. The Bertz CT molecular complexity index is 464. The molecule has 118 valence electrons. The number of carbonyl (C=O) groups is 1. The number of benzene rings is 1. The largest absolute Gasteiger partial charge is 0.507 e. The highest BCUT2D eigenvalue weighted by Gasteiger charge is 2.23. The predicted octanol–water partition coefficient (Wildman–Crippen LogP) is 4.14. The van der Waals surface area contributed by atoms with Gasteiger partial charge < -0.3 is 9.84 Å². The van der Waals surface area contributed by atoms with E-state index in [1.807, 2.05) is 0 Å². The molecule has 0 aliphatic carbocycles. The zero-order valence-electron chi connectivity index (χ0n) is 14.0. The Kier molecular flexibility index (Phi) is 6.25. The average molecular weight is 292 g/mol. The number of methoxy groups -OCH3 is 1. The molecule has 1 aromatic carbocycles. The minimum Gasteiger partial charge on any atom is -0.507 e.